The van der Waals surface area contributed by atoms with E-state index in [-0.39, 0.29) is 12.3 Å². The molecular weight excluding hydrogens is 278 g/mol. The quantitative estimate of drug-likeness (QED) is 0.600. The van der Waals surface area contributed by atoms with E-state index in [0.29, 0.717) is 23.4 Å². The van der Waals surface area contributed by atoms with Crippen LogP contribution < -0.4 is 5.32 Å². The molecule has 0 aromatic heterocycles. The van der Waals surface area contributed by atoms with Crippen LogP contribution in [0, 0.1) is 12.3 Å². The third kappa shape index (κ3) is 4.94. The van der Waals surface area contributed by atoms with Gasteiger partial charge in [0.1, 0.15) is 0 Å². The number of hydrogen-bond donors (Lipinski definition) is 2. The van der Waals surface area contributed by atoms with E-state index in [4.69, 9.17) is 18.0 Å². The molecule has 2 N–H and O–H groups in total. The van der Waals surface area contributed by atoms with Crippen LogP contribution in [-0.4, -0.2) is 17.0 Å². The molecule has 0 spiro atoms. The summed E-state index contributed by atoms with van der Waals surface area (Å²) in [6.45, 7) is 0. The van der Waals surface area contributed by atoms with E-state index in [1.165, 1.54) is 0 Å². The van der Waals surface area contributed by atoms with E-state index < -0.39 is 12.0 Å². The van der Waals surface area contributed by atoms with Crippen molar-refractivity contribution in [1.82, 2.24) is 5.32 Å². The lowest BCUT2D eigenvalue weighted by Crippen LogP contribution is -2.33. The molecule has 1 aromatic carbocycles. The van der Waals surface area contributed by atoms with Crippen LogP contribution in [0.15, 0.2) is 24.3 Å². The summed E-state index contributed by atoms with van der Waals surface area (Å²) in [5, 5.41) is 12.0. The van der Waals surface area contributed by atoms with Gasteiger partial charge in [0.15, 0.2) is 6.04 Å². The van der Waals surface area contributed by atoms with Crippen LogP contribution in [0.1, 0.15) is 37.3 Å². The minimum absolute atomic E-state index is 0.246. The monoisotopic (exact) mass is 293 g/mol. The molecule has 4 nitrogen and oxygen atoms in total. The molecule has 0 heterocycles. The topological polar surface area (TPSA) is 66.4 Å². The lowest BCUT2D eigenvalue weighted by atomic mass is 10.1. The lowest BCUT2D eigenvalue weighted by molar-refractivity contribution is -0.142. The van der Waals surface area contributed by atoms with Gasteiger partial charge in [-0.3, -0.25) is 4.79 Å². The van der Waals surface area contributed by atoms with Crippen molar-refractivity contribution >= 4 is 23.5 Å². The molecule has 1 rings (SSSR count). The van der Waals surface area contributed by atoms with Gasteiger partial charge in [-0.15, -0.1) is 12.3 Å². The molecule has 0 aliphatic carbocycles. The maximum absolute atomic E-state index is 11.7. The summed E-state index contributed by atoms with van der Waals surface area (Å²) in [6, 6.07) is 5.41. The van der Waals surface area contributed by atoms with Gasteiger partial charge in [0.05, 0.1) is 0 Å². The molecule has 106 valence electrons. The Hall–Kier alpha value is -1.99. The number of terminal acetylenes is 1. The summed E-state index contributed by atoms with van der Waals surface area (Å²) in [7, 11) is 0. The van der Waals surface area contributed by atoms with Gasteiger partial charge < -0.3 is 10.4 Å². The first-order valence-electron chi connectivity index (χ1n) is 6.26. The Balaban J connectivity index is 2.65. The van der Waals surface area contributed by atoms with Crippen molar-refractivity contribution in [1.29, 1.82) is 0 Å². The van der Waals surface area contributed by atoms with Crippen LogP contribution in [0.2, 0.25) is 5.02 Å². The minimum atomic E-state index is -1.14. The fraction of sp³-hybridized carbons (Fsp3) is 0.333. The molecule has 0 bridgehead atoms. The maximum Gasteiger partial charge on any atom is 0.330 e. The first-order valence-corrected chi connectivity index (χ1v) is 6.64. The molecule has 5 heteroatoms. The highest BCUT2D eigenvalue weighted by molar-refractivity contribution is 6.31. The number of aliphatic carboxylic acids is 1. The Morgan fingerprint density at radius 1 is 1.35 bits per heavy atom. The summed E-state index contributed by atoms with van der Waals surface area (Å²) in [5.41, 5.74) is 0.374. The number of benzene rings is 1. The van der Waals surface area contributed by atoms with Crippen LogP contribution in [0.4, 0.5) is 0 Å². The van der Waals surface area contributed by atoms with Crippen LogP contribution in [0.3, 0.4) is 0 Å². The van der Waals surface area contributed by atoms with E-state index >= 15 is 0 Å². The zero-order valence-corrected chi connectivity index (χ0v) is 11.7. The SMILES string of the molecule is C#CCCCCC(=O)N[C@@H](C(=O)O)c1ccccc1Cl. The Bertz CT molecular complexity index is 522. The average molecular weight is 294 g/mol. The largest absolute Gasteiger partial charge is 0.479 e. The highest BCUT2D eigenvalue weighted by Gasteiger charge is 2.23. The van der Waals surface area contributed by atoms with Crippen molar-refractivity contribution in [2.24, 2.45) is 0 Å². The van der Waals surface area contributed by atoms with E-state index in [1.54, 1.807) is 24.3 Å². The number of unbranched alkanes of at least 4 members (excludes halogenated alkanes) is 2. The van der Waals surface area contributed by atoms with Gasteiger partial charge in [-0.1, -0.05) is 29.8 Å². The van der Waals surface area contributed by atoms with Gasteiger partial charge in [-0.25, -0.2) is 4.79 Å². The summed E-state index contributed by atoms with van der Waals surface area (Å²) in [5.74, 6) is 1.02. The van der Waals surface area contributed by atoms with Gasteiger partial charge >= 0.3 is 5.97 Å². The number of carbonyl (C=O) groups excluding carboxylic acids is 1. The van der Waals surface area contributed by atoms with Crippen molar-refractivity contribution < 1.29 is 14.7 Å². The summed E-state index contributed by atoms with van der Waals surface area (Å²) in [4.78, 5) is 23.0. The van der Waals surface area contributed by atoms with E-state index in [9.17, 15) is 14.7 Å². The fourth-order valence-electron chi connectivity index (χ4n) is 1.73. The standard InChI is InChI=1S/C15H16ClNO3/c1-2-3-4-5-10-13(18)17-14(15(19)20)11-8-6-7-9-12(11)16/h1,6-9,14H,3-5,10H2,(H,17,18)(H,19,20)/t14-/m1/s1. The van der Waals surface area contributed by atoms with Crippen LogP contribution in [0.25, 0.3) is 0 Å². The first-order chi connectivity index (χ1) is 9.56. The smallest absolute Gasteiger partial charge is 0.330 e. The Labute approximate surface area is 123 Å². The summed E-state index contributed by atoms with van der Waals surface area (Å²) in [6.07, 6.45) is 7.35. The van der Waals surface area contributed by atoms with E-state index in [0.717, 1.165) is 6.42 Å². The maximum atomic E-state index is 11.7. The van der Waals surface area contributed by atoms with Gasteiger partial charge in [-0.05, 0) is 18.9 Å². The Morgan fingerprint density at radius 3 is 2.65 bits per heavy atom. The number of carboxylic acids is 1. The molecule has 0 aliphatic heterocycles. The van der Waals surface area contributed by atoms with Crippen molar-refractivity contribution in [3.63, 3.8) is 0 Å². The third-order valence-electron chi connectivity index (χ3n) is 2.74. The molecule has 0 saturated carbocycles. The highest BCUT2D eigenvalue weighted by atomic mass is 35.5. The minimum Gasteiger partial charge on any atom is -0.479 e. The van der Waals surface area contributed by atoms with Crippen LogP contribution in [-0.2, 0) is 9.59 Å². The zero-order chi connectivity index (χ0) is 15.0. The number of nitrogens with one attached hydrogen (secondary N) is 1. The van der Waals surface area contributed by atoms with Gasteiger partial charge in [0, 0.05) is 23.4 Å². The highest BCUT2D eigenvalue weighted by Crippen LogP contribution is 2.23. The van der Waals surface area contributed by atoms with E-state index in [1.807, 2.05) is 0 Å². The molecule has 0 fully saturated rings. The van der Waals surface area contributed by atoms with Crippen molar-refractivity contribution in [3.8, 4) is 12.3 Å². The van der Waals surface area contributed by atoms with Gasteiger partial charge in [0.2, 0.25) is 5.91 Å². The molecule has 20 heavy (non-hydrogen) atoms. The molecule has 1 aromatic rings. The van der Waals surface area contributed by atoms with Crippen LogP contribution >= 0.6 is 11.6 Å². The van der Waals surface area contributed by atoms with Crippen molar-refractivity contribution in [2.45, 2.75) is 31.7 Å². The third-order valence-corrected chi connectivity index (χ3v) is 3.09. The predicted molar refractivity (Wildman–Crippen MR) is 77.3 cm³/mol. The number of rotatable bonds is 7. The Morgan fingerprint density at radius 2 is 2.05 bits per heavy atom. The van der Waals surface area contributed by atoms with Crippen LogP contribution in [0.5, 0.6) is 0 Å². The molecule has 0 radical (unpaired) electrons. The molecule has 0 aliphatic rings. The number of carbonyl (C=O) groups is 2. The normalized spacial score (nSPS) is 11.4. The predicted octanol–water partition coefficient (Wildman–Crippen LogP) is 2.78. The Kier molecular flexibility index (Phi) is 6.61. The van der Waals surface area contributed by atoms with E-state index in [2.05, 4.69) is 11.2 Å². The first kappa shape index (κ1) is 16.1. The summed E-state index contributed by atoms with van der Waals surface area (Å²) >= 11 is 5.96. The molecular formula is C15H16ClNO3. The molecule has 1 amide bonds. The second-order valence-corrected chi connectivity index (χ2v) is 4.68. The van der Waals surface area contributed by atoms with Gasteiger partial charge in [0.25, 0.3) is 0 Å². The number of carboxylic acid groups (broad SMARTS) is 1. The average Bonchev–Trinajstić information content (AvgIpc) is 2.42. The number of halogens is 1. The fourth-order valence-corrected chi connectivity index (χ4v) is 1.97. The number of amides is 1. The van der Waals surface area contributed by atoms with Crippen molar-refractivity contribution in [3.05, 3.63) is 34.9 Å². The number of hydrogen-bond acceptors (Lipinski definition) is 2. The molecule has 1 atom stereocenters. The molecule has 0 saturated heterocycles. The van der Waals surface area contributed by atoms with Gasteiger partial charge in [-0.2, -0.15) is 0 Å². The second-order valence-electron chi connectivity index (χ2n) is 4.27. The molecule has 0 unspecified atom stereocenters. The summed E-state index contributed by atoms with van der Waals surface area (Å²) < 4.78 is 0. The zero-order valence-electron chi connectivity index (χ0n) is 10.9. The second kappa shape index (κ2) is 8.23. The van der Waals surface area contributed by atoms with Crippen molar-refractivity contribution in [2.75, 3.05) is 0 Å². The lowest BCUT2D eigenvalue weighted by Gasteiger charge is -2.16.